The molecule has 0 fully saturated rings. The number of hydrogen-bond donors (Lipinski definition) is 3. The van der Waals surface area contributed by atoms with Gasteiger partial charge in [0.05, 0.1) is 12.2 Å². The van der Waals surface area contributed by atoms with Crippen LogP contribution in [0.1, 0.15) is 50.6 Å². The molecule has 7 nitrogen and oxygen atoms in total. The zero-order valence-electron chi connectivity index (χ0n) is 15.9. The SMILES string of the molecule is CCOC(=O)c1c(C)[nH]c(C(=O)NC(C(=O)NC)c2ccc(F)c(F)c2)c1C. The predicted octanol–water partition coefficient (Wildman–Crippen LogP) is 2.30. The van der Waals surface area contributed by atoms with E-state index in [1.165, 1.54) is 13.1 Å². The summed E-state index contributed by atoms with van der Waals surface area (Å²) in [7, 11) is 1.35. The highest BCUT2D eigenvalue weighted by molar-refractivity contribution is 6.02. The van der Waals surface area contributed by atoms with Gasteiger partial charge >= 0.3 is 5.97 Å². The van der Waals surface area contributed by atoms with Gasteiger partial charge in [0.2, 0.25) is 5.91 Å². The van der Waals surface area contributed by atoms with Crippen molar-refractivity contribution in [2.75, 3.05) is 13.7 Å². The van der Waals surface area contributed by atoms with E-state index in [1.807, 2.05) is 0 Å². The van der Waals surface area contributed by atoms with Crippen LogP contribution >= 0.6 is 0 Å². The third-order valence-corrected chi connectivity index (χ3v) is 4.21. The van der Waals surface area contributed by atoms with Gasteiger partial charge in [-0.2, -0.15) is 0 Å². The molecule has 1 aromatic carbocycles. The number of likely N-dealkylation sites (N-methyl/N-ethyl adjacent to an activating group) is 1. The smallest absolute Gasteiger partial charge is 0.340 e. The molecule has 0 aliphatic rings. The first-order valence-electron chi connectivity index (χ1n) is 8.54. The van der Waals surface area contributed by atoms with E-state index in [2.05, 4.69) is 15.6 Å². The number of hydrogen-bond acceptors (Lipinski definition) is 4. The second-order valence-corrected chi connectivity index (χ2v) is 6.04. The molecule has 3 N–H and O–H groups in total. The first-order valence-corrected chi connectivity index (χ1v) is 8.54. The Bertz CT molecular complexity index is 924. The van der Waals surface area contributed by atoms with Crippen molar-refractivity contribution in [1.82, 2.24) is 15.6 Å². The van der Waals surface area contributed by atoms with Gasteiger partial charge in [0.25, 0.3) is 5.91 Å². The van der Waals surface area contributed by atoms with Gasteiger partial charge in [0, 0.05) is 12.7 Å². The molecular formula is C19H21F2N3O4. The van der Waals surface area contributed by atoms with E-state index in [0.29, 0.717) is 11.3 Å². The summed E-state index contributed by atoms with van der Waals surface area (Å²) in [6, 6.07) is 1.65. The van der Waals surface area contributed by atoms with Crippen molar-refractivity contribution in [2.45, 2.75) is 26.8 Å². The highest BCUT2D eigenvalue weighted by atomic mass is 19.2. The Hall–Kier alpha value is -3.23. The molecule has 1 atom stereocenters. The summed E-state index contributed by atoms with van der Waals surface area (Å²) >= 11 is 0. The van der Waals surface area contributed by atoms with E-state index in [0.717, 1.165) is 12.1 Å². The molecule has 1 unspecified atom stereocenters. The predicted molar refractivity (Wildman–Crippen MR) is 96.9 cm³/mol. The molecule has 0 aliphatic heterocycles. The van der Waals surface area contributed by atoms with Crippen LogP contribution in [0.4, 0.5) is 8.78 Å². The first kappa shape index (κ1) is 21.1. The molecule has 0 bridgehead atoms. The lowest BCUT2D eigenvalue weighted by Gasteiger charge is -2.18. The van der Waals surface area contributed by atoms with Crippen LogP contribution in [0, 0.1) is 25.5 Å². The number of nitrogens with one attached hydrogen (secondary N) is 3. The number of ether oxygens (including phenoxy) is 1. The van der Waals surface area contributed by atoms with Crippen LogP contribution in [0.15, 0.2) is 18.2 Å². The van der Waals surface area contributed by atoms with Crippen molar-refractivity contribution in [1.29, 1.82) is 0 Å². The minimum atomic E-state index is -1.26. The van der Waals surface area contributed by atoms with Gasteiger partial charge in [-0.25, -0.2) is 13.6 Å². The largest absolute Gasteiger partial charge is 0.462 e. The Labute approximate surface area is 160 Å². The molecule has 1 heterocycles. The van der Waals surface area contributed by atoms with Crippen molar-refractivity contribution in [3.8, 4) is 0 Å². The number of aromatic amines is 1. The molecule has 2 aromatic rings. The quantitative estimate of drug-likeness (QED) is 0.656. The van der Waals surface area contributed by atoms with Gasteiger partial charge in [0.15, 0.2) is 11.6 Å². The Morgan fingerprint density at radius 1 is 1.18 bits per heavy atom. The zero-order valence-corrected chi connectivity index (χ0v) is 15.9. The number of halogens is 2. The molecule has 150 valence electrons. The number of aryl methyl sites for hydroxylation is 1. The number of rotatable bonds is 6. The minimum Gasteiger partial charge on any atom is -0.462 e. The Morgan fingerprint density at radius 2 is 1.86 bits per heavy atom. The molecule has 0 spiro atoms. The molecule has 9 heteroatoms. The van der Waals surface area contributed by atoms with Crippen molar-refractivity contribution in [3.05, 3.63) is 57.9 Å². The molecule has 28 heavy (non-hydrogen) atoms. The Kier molecular flexibility index (Phi) is 6.50. The van der Waals surface area contributed by atoms with Crippen molar-refractivity contribution in [2.24, 2.45) is 0 Å². The van der Waals surface area contributed by atoms with E-state index in [1.54, 1.807) is 20.8 Å². The van der Waals surface area contributed by atoms with E-state index < -0.39 is 35.5 Å². The van der Waals surface area contributed by atoms with E-state index >= 15 is 0 Å². The number of carbonyl (C=O) groups is 3. The highest BCUT2D eigenvalue weighted by Crippen LogP contribution is 2.21. The Morgan fingerprint density at radius 3 is 2.43 bits per heavy atom. The monoisotopic (exact) mass is 393 g/mol. The van der Waals surface area contributed by atoms with E-state index in [4.69, 9.17) is 4.74 Å². The second kappa shape index (κ2) is 8.64. The van der Waals surface area contributed by atoms with E-state index in [-0.39, 0.29) is 23.4 Å². The molecule has 1 aromatic heterocycles. The lowest BCUT2D eigenvalue weighted by Crippen LogP contribution is -2.39. The van der Waals surface area contributed by atoms with Gasteiger partial charge in [-0.3, -0.25) is 9.59 Å². The van der Waals surface area contributed by atoms with Crippen LogP contribution in [0.2, 0.25) is 0 Å². The molecule has 0 saturated carbocycles. The number of benzene rings is 1. The molecular weight excluding hydrogens is 372 g/mol. The average molecular weight is 393 g/mol. The number of amides is 2. The van der Waals surface area contributed by atoms with Gasteiger partial charge < -0.3 is 20.4 Å². The fourth-order valence-corrected chi connectivity index (χ4v) is 2.83. The van der Waals surface area contributed by atoms with Crippen molar-refractivity contribution < 1.29 is 27.9 Å². The van der Waals surface area contributed by atoms with Gasteiger partial charge in [-0.15, -0.1) is 0 Å². The number of carbonyl (C=O) groups excluding carboxylic acids is 3. The molecule has 2 rings (SSSR count). The summed E-state index contributed by atoms with van der Waals surface area (Å²) in [5, 5.41) is 4.84. The van der Waals surface area contributed by atoms with Crippen LogP contribution in [0.3, 0.4) is 0 Å². The van der Waals surface area contributed by atoms with Crippen molar-refractivity contribution >= 4 is 17.8 Å². The standard InChI is InChI=1S/C19H21F2N3O4/c1-5-28-19(27)14-9(2)15(23-10(14)3)18(26)24-16(17(25)22-4)11-6-7-12(20)13(21)8-11/h6-8,16,23H,5H2,1-4H3,(H,22,25)(H,24,26). The maximum Gasteiger partial charge on any atom is 0.340 e. The second-order valence-electron chi connectivity index (χ2n) is 6.04. The van der Waals surface area contributed by atoms with E-state index in [9.17, 15) is 23.2 Å². The summed E-state index contributed by atoms with van der Waals surface area (Å²) < 4.78 is 31.8. The maximum atomic E-state index is 13.6. The minimum absolute atomic E-state index is 0.0667. The van der Waals surface area contributed by atoms with Gasteiger partial charge in [-0.1, -0.05) is 6.07 Å². The molecule has 0 saturated heterocycles. The summed E-state index contributed by atoms with van der Waals surface area (Å²) in [5.74, 6) is -4.09. The van der Waals surface area contributed by atoms with Crippen LogP contribution in [0.5, 0.6) is 0 Å². The Balaban J connectivity index is 2.36. The third kappa shape index (κ3) is 4.19. The van der Waals surface area contributed by atoms with Crippen LogP contribution in [-0.4, -0.2) is 36.4 Å². The lowest BCUT2D eigenvalue weighted by molar-refractivity contribution is -0.122. The summed E-state index contributed by atoms with van der Waals surface area (Å²) in [4.78, 5) is 39.8. The third-order valence-electron chi connectivity index (χ3n) is 4.21. The summed E-state index contributed by atoms with van der Waals surface area (Å²) in [5.41, 5.74) is 1.16. The highest BCUT2D eigenvalue weighted by Gasteiger charge is 2.27. The van der Waals surface area contributed by atoms with Crippen LogP contribution in [0.25, 0.3) is 0 Å². The van der Waals surface area contributed by atoms with Gasteiger partial charge in [-0.05, 0) is 44.0 Å². The zero-order chi connectivity index (χ0) is 21.0. The fourth-order valence-electron chi connectivity index (χ4n) is 2.83. The van der Waals surface area contributed by atoms with Crippen LogP contribution < -0.4 is 10.6 Å². The fraction of sp³-hybridized carbons (Fsp3) is 0.316. The molecule has 2 amide bonds. The summed E-state index contributed by atoms with van der Waals surface area (Å²) in [6.45, 7) is 5.02. The summed E-state index contributed by atoms with van der Waals surface area (Å²) in [6.07, 6.45) is 0. The van der Waals surface area contributed by atoms with Crippen molar-refractivity contribution in [3.63, 3.8) is 0 Å². The average Bonchev–Trinajstić information content (AvgIpc) is 2.96. The topological polar surface area (TPSA) is 100 Å². The van der Waals surface area contributed by atoms with Crippen LogP contribution in [-0.2, 0) is 9.53 Å². The maximum absolute atomic E-state index is 13.6. The number of H-pyrrole nitrogens is 1. The molecule has 0 aliphatic carbocycles. The number of esters is 1. The number of aromatic nitrogens is 1. The first-order chi connectivity index (χ1) is 13.2. The molecule has 0 radical (unpaired) electrons. The normalized spacial score (nSPS) is 11.6. The van der Waals surface area contributed by atoms with Gasteiger partial charge in [0.1, 0.15) is 11.7 Å². The lowest BCUT2D eigenvalue weighted by atomic mass is 10.0.